The second-order valence-corrected chi connectivity index (χ2v) is 8.44. The summed E-state index contributed by atoms with van der Waals surface area (Å²) < 4.78 is 32.9. The molecule has 0 unspecified atom stereocenters. The summed E-state index contributed by atoms with van der Waals surface area (Å²) in [6.07, 6.45) is 2.09. The molecule has 1 heterocycles. The van der Waals surface area contributed by atoms with Gasteiger partial charge in [0, 0.05) is 19.8 Å². The summed E-state index contributed by atoms with van der Waals surface area (Å²) in [6.45, 7) is 5.89. The van der Waals surface area contributed by atoms with Crippen LogP contribution >= 0.6 is 0 Å². The normalized spacial score (nSPS) is 18.5. The Hall–Kier alpha value is -0.910. The molecule has 0 saturated carbocycles. The van der Waals surface area contributed by atoms with Crippen LogP contribution in [0.2, 0.25) is 0 Å². The van der Waals surface area contributed by atoms with Gasteiger partial charge in [0.2, 0.25) is 10.0 Å². The molecule has 0 spiro atoms. The molecular weight excluding hydrogens is 298 g/mol. The van der Waals surface area contributed by atoms with Crippen LogP contribution in [-0.4, -0.2) is 33.4 Å². The fourth-order valence-electron chi connectivity index (χ4n) is 2.79. The van der Waals surface area contributed by atoms with E-state index in [0.29, 0.717) is 44.4 Å². The number of rotatable bonds is 7. The lowest BCUT2D eigenvalue weighted by atomic mass is 9.89. The van der Waals surface area contributed by atoms with Gasteiger partial charge in [-0.1, -0.05) is 44.2 Å². The minimum atomic E-state index is -3.23. The monoisotopic (exact) mass is 325 g/mol. The molecular formula is C17H27NO3S. The topological polar surface area (TPSA) is 55.4 Å². The van der Waals surface area contributed by atoms with Gasteiger partial charge in [-0.25, -0.2) is 13.1 Å². The van der Waals surface area contributed by atoms with Gasteiger partial charge in [-0.2, -0.15) is 0 Å². The number of benzene rings is 1. The maximum Gasteiger partial charge on any atom is 0.214 e. The van der Waals surface area contributed by atoms with E-state index in [9.17, 15) is 8.42 Å². The van der Waals surface area contributed by atoms with Crippen molar-refractivity contribution in [2.75, 3.05) is 19.8 Å². The quantitative estimate of drug-likeness (QED) is 0.838. The Balaban J connectivity index is 1.93. The van der Waals surface area contributed by atoms with Gasteiger partial charge in [0.1, 0.15) is 0 Å². The molecule has 0 aromatic heterocycles. The summed E-state index contributed by atoms with van der Waals surface area (Å²) in [4.78, 5) is 0. The molecule has 1 aliphatic rings. The first-order valence-corrected chi connectivity index (χ1v) is 9.64. The molecule has 1 fully saturated rings. The SMILES string of the molecule is CC(C)[C@@H](CNS(=O)(=O)C1CCOCC1)Cc1ccccc1. The Labute approximate surface area is 134 Å². The molecule has 124 valence electrons. The Kier molecular flexibility index (Phi) is 6.41. The Morgan fingerprint density at radius 3 is 2.41 bits per heavy atom. The lowest BCUT2D eigenvalue weighted by molar-refractivity contribution is 0.0981. The molecule has 5 heteroatoms. The van der Waals surface area contributed by atoms with Crippen LogP contribution in [0.5, 0.6) is 0 Å². The van der Waals surface area contributed by atoms with Crippen molar-refractivity contribution in [1.82, 2.24) is 4.72 Å². The molecule has 0 aliphatic carbocycles. The zero-order chi connectivity index (χ0) is 16.0. The highest BCUT2D eigenvalue weighted by Crippen LogP contribution is 2.19. The zero-order valence-electron chi connectivity index (χ0n) is 13.5. The number of hydrogen-bond donors (Lipinski definition) is 1. The molecule has 1 aliphatic heterocycles. The fourth-order valence-corrected chi connectivity index (χ4v) is 4.28. The molecule has 1 aromatic carbocycles. The maximum absolute atomic E-state index is 12.4. The number of sulfonamides is 1. The summed E-state index contributed by atoms with van der Waals surface area (Å²) in [7, 11) is -3.23. The molecule has 0 amide bonds. The van der Waals surface area contributed by atoms with Crippen LogP contribution in [0, 0.1) is 11.8 Å². The first-order chi connectivity index (χ1) is 10.5. The standard InChI is InChI=1S/C17H27NO3S/c1-14(2)16(12-15-6-4-3-5-7-15)13-18-22(19,20)17-8-10-21-11-9-17/h3-7,14,16-18H,8-13H2,1-2H3/t16-/m1/s1. The van der Waals surface area contributed by atoms with Crippen molar-refractivity contribution in [3.8, 4) is 0 Å². The fraction of sp³-hybridized carbons (Fsp3) is 0.647. The highest BCUT2D eigenvalue weighted by Gasteiger charge is 2.28. The van der Waals surface area contributed by atoms with E-state index in [4.69, 9.17) is 4.74 Å². The van der Waals surface area contributed by atoms with Crippen molar-refractivity contribution >= 4 is 10.0 Å². The van der Waals surface area contributed by atoms with Crippen molar-refractivity contribution < 1.29 is 13.2 Å². The van der Waals surface area contributed by atoms with Crippen molar-refractivity contribution in [2.45, 2.75) is 38.4 Å². The number of hydrogen-bond acceptors (Lipinski definition) is 3. The average Bonchev–Trinajstić information content (AvgIpc) is 2.53. The first kappa shape index (κ1) is 17.4. The third-order valence-corrected chi connectivity index (χ3v) is 6.36. The van der Waals surface area contributed by atoms with Crippen molar-refractivity contribution in [1.29, 1.82) is 0 Å². The van der Waals surface area contributed by atoms with Gasteiger partial charge in [-0.15, -0.1) is 0 Å². The Morgan fingerprint density at radius 1 is 1.18 bits per heavy atom. The molecule has 1 saturated heterocycles. The Morgan fingerprint density at radius 2 is 1.82 bits per heavy atom. The molecule has 2 rings (SSSR count). The second-order valence-electron chi connectivity index (χ2n) is 6.40. The van der Waals surface area contributed by atoms with Crippen molar-refractivity contribution in [3.63, 3.8) is 0 Å². The van der Waals surface area contributed by atoms with Crippen molar-refractivity contribution in [3.05, 3.63) is 35.9 Å². The largest absolute Gasteiger partial charge is 0.381 e. The highest BCUT2D eigenvalue weighted by molar-refractivity contribution is 7.90. The van der Waals surface area contributed by atoms with E-state index in [2.05, 4.69) is 30.7 Å². The molecule has 1 N–H and O–H groups in total. The molecule has 1 aromatic rings. The van der Waals surface area contributed by atoms with Gasteiger partial charge in [0.25, 0.3) is 0 Å². The molecule has 0 bridgehead atoms. The van der Waals surface area contributed by atoms with Gasteiger partial charge in [-0.3, -0.25) is 0 Å². The summed E-state index contributed by atoms with van der Waals surface area (Å²) in [6, 6.07) is 10.3. The van der Waals surface area contributed by atoms with Crippen LogP contribution in [0.15, 0.2) is 30.3 Å². The predicted octanol–water partition coefficient (Wildman–Crippen LogP) is 2.60. The van der Waals surface area contributed by atoms with Crippen LogP contribution in [0.1, 0.15) is 32.3 Å². The number of nitrogens with one attached hydrogen (secondary N) is 1. The average molecular weight is 325 g/mol. The Bertz CT molecular complexity index is 536. The first-order valence-electron chi connectivity index (χ1n) is 8.09. The van der Waals surface area contributed by atoms with Gasteiger partial charge in [-0.05, 0) is 36.7 Å². The van der Waals surface area contributed by atoms with E-state index < -0.39 is 10.0 Å². The van der Waals surface area contributed by atoms with E-state index in [-0.39, 0.29) is 5.25 Å². The summed E-state index contributed by atoms with van der Waals surface area (Å²) in [5.74, 6) is 0.731. The van der Waals surface area contributed by atoms with E-state index in [0.717, 1.165) is 6.42 Å². The van der Waals surface area contributed by atoms with Crippen LogP contribution in [0.3, 0.4) is 0 Å². The summed E-state index contributed by atoms with van der Waals surface area (Å²) >= 11 is 0. The van der Waals surface area contributed by atoms with Gasteiger partial charge < -0.3 is 4.74 Å². The highest BCUT2D eigenvalue weighted by atomic mass is 32.2. The minimum absolute atomic E-state index is 0.300. The second kappa shape index (κ2) is 8.09. The molecule has 0 radical (unpaired) electrons. The third kappa shape index (κ3) is 5.07. The van der Waals surface area contributed by atoms with E-state index in [1.54, 1.807) is 0 Å². The van der Waals surface area contributed by atoms with Crippen LogP contribution in [0.4, 0.5) is 0 Å². The number of ether oxygens (including phenoxy) is 1. The molecule has 1 atom stereocenters. The van der Waals surface area contributed by atoms with E-state index in [1.165, 1.54) is 5.56 Å². The van der Waals surface area contributed by atoms with Crippen LogP contribution in [-0.2, 0) is 21.2 Å². The van der Waals surface area contributed by atoms with Gasteiger partial charge in [0.05, 0.1) is 5.25 Å². The van der Waals surface area contributed by atoms with Gasteiger partial charge in [0.15, 0.2) is 0 Å². The van der Waals surface area contributed by atoms with E-state index in [1.807, 2.05) is 18.2 Å². The molecule has 4 nitrogen and oxygen atoms in total. The maximum atomic E-state index is 12.4. The summed E-state index contributed by atoms with van der Waals surface area (Å²) in [5, 5.41) is -0.300. The zero-order valence-corrected chi connectivity index (χ0v) is 14.3. The van der Waals surface area contributed by atoms with Crippen molar-refractivity contribution in [2.24, 2.45) is 11.8 Å². The van der Waals surface area contributed by atoms with Gasteiger partial charge >= 0.3 is 0 Å². The lowest BCUT2D eigenvalue weighted by Gasteiger charge is -2.25. The minimum Gasteiger partial charge on any atom is -0.381 e. The summed E-state index contributed by atoms with van der Waals surface area (Å²) in [5.41, 5.74) is 1.26. The smallest absolute Gasteiger partial charge is 0.214 e. The lowest BCUT2D eigenvalue weighted by Crippen LogP contribution is -2.41. The van der Waals surface area contributed by atoms with Crippen LogP contribution in [0.25, 0.3) is 0 Å². The third-order valence-electron chi connectivity index (χ3n) is 4.44. The predicted molar refractivity (Wildman–Crippen MR) is 89.2 cm³/mol. The molecule has 22 heavy (non-hydrogen) atoms. The van der Waals surface area contributed by atoms with Crippen LogP contribution < -0.4 is 4.72 Å². The van der Waals surface area contributed by atoms with E-state index >= 15 is 0 Å².